The molecule has 0 bridgehead atoms. The molecular formula is C8H13N3. The van der Waals surface area contributed by atoms with E-state index in [0.29, 0.717) is 11.4 Å². The summed E-state index contributed by atoms with van der Waals surface area (Å²) in [6, 6.07) is 0. The summed E-state index contributed by atoms with van der Waals surface area (Å²) >= 11 is 0. The van der Waals surface area contributed by atoms with E-state index in [9.17, 15) is 0 Å². The van der Waals surface area contributed by atoms with Crippen molar-refractivity contribution >= 4 is 0 Å². The highest BCUT2D eigenvalue weighted by molar-refractivity contribution is 5.33. The van der Waals surface area contributed by atoms with Gasteiger partial charge in [-0.15, -0.1) is 0 Å². The minimum atomic E-state index is 0.274. The third-order valence-corrected chi connectivity index (χ3v) is 1.07. The number of rotatable bonds is 3. The summed E-state index contributed by atoms with van der Waals surface area (Å²) in [5, 5.41) is 0. The maximum absolute atomic E-state index is 5.48. The van der Waals surface area contributed by atoms with Crippen LogP contribution in [-0.2, 0) is 0 Å². The second kappa shape index (κ2) is 4.22. The van der Waals surface area contributed by atoms with E-state index in [-0.39, 0.29) is 5.70 Å². The van der Waals surface area contributed by atoms with Gasteiger partial charge in [0.2, 0.25) is 0 Å². The molecule has 0 unspecified atom stereocenters. The van der Waals surface area contributed by atoms with E-state index in [0.717, 1.165) is 0 Å². The van der Waals surface area contributed by atoms with Crippen LogP contribution < -0.4 is 17.2 Å². The monoisotopic (exact) mass is 151 g/mol. The van der Waals surface area contributed by atoms with Gasteiger partial charge in [0.15, 0.2) is 0 Å². The van der Waals surface area contributed by atoms with Crippen molar-refractivity contribution in [2.45, 2.75) is 0 Å². The van der Waals surface area contributed by atoms with E-state index in [1.807, 2.05) is 0 Å². The smallest absolute Gasteiger partial charge is 0.0775 e. The lowest BCUT2D eigenvalue weighted by Gasteiger charge is -2.01. The Morgan fingerprint density at radius 2 is 1.73 bits per heavy atom. The van der Waals surface area contributed by atoms with Crippen molar-refractivity contribution in [3.8, 4) is 0 Å². The molecule has 11 heavy (non-hydrogen) atoms. The fraction of sp³-hybridized carbons (Fsp3) is 0. The van der Waals surface area contributed by atoms with Gasteiger partial charge in [-0.05, 0) is 6.08 Å². The second-order valence-corrected chi connectivity index (χ2v) is 1.99. The van der Waals surface area contributed by atoms with Crippen molar-refractivity contribution in [1.29, 1.82) is 0 Å². The molecule has 0 aromatic carbocycles. The summed E-state index contributed by atoms with van der Waals surface area (Å²) in [7, 11) is 0. The highest BCUT2D eigenvalue weighted by atomic mass is 14.7. The zero-order chi connectivity index (χ0) is 8.85. The van der Waals surface area contributed by atoms with Crippen LogP contribution in [-0.4, -0.2) is 0 Å². The summed E-state index contributed by atoms with van der Waals surface area (Å²) in [5.41, 5.74) is 17.2. The maximum atomic E-state index is 5.48. The molecular weight excluding hydrogens is 138 g/mol. The van der Waals surface area contributed by atoms with Crippen LogP contribution in [0.5, 0.6) is 0 Å². The Hall–Kier alpha value is -1.64. The number of hydrogen-bond donors (Lipinski definition) is 3. The lowest BCUT2D eigenvalue weighted by molar-refractivity contribution is 1.19. The maximum Gasteiger partial charge on any atom is 0.0775 e. The molecule has 0 atom stereocenters. The molecule has 3 heteroatoms. The highest BCUT2D eigenvalue weighted by Crippen LogP contribution is 1.98. The molecule has 0 aromatic rings. The summed E-state index contributed by atoms with van der Waals surface area (Å²) in [4.78, 5) is 0. The van der Waals surface area contributed by atoms with Crippen LogP contribution in [0.25, 0.3) is 0 Å². The molecule has 0 radical (unpaired) electrons. The van der Waals surface area contributed by atoms with Crippen LogP contribution in [0.15, 0.2) is 48.5 Å². The Labute approximate surface area is 66.6 Å². The molecule has 6 N–H and O–H groups in total. The zero-order valence-corrected chi connectivity index (χ0v) is 6.38. The quantitative estimate of drug-likeness (QED) is 0.509. The fourth-order valence-corrected chi connectivity index (χ4v) is 0.447. The Morgan fingerprint density at radius 3 is 2.09 bits per heavy atom. The Morgan fingerprint density at radius 1 is 1.18 bits per heavy atom. The molecule has 60 valence electrons. The first kappa shape index (κ1) is 9.36. The topological polar surface area (TPSA) is 78.1 Å². The Balaban J connectivity index is 4.52. The minimum absolute atomic E-state index is 0.274. The van der Waals surface area contributed by atoms with Gasteiger partial charge in [0.25, 0.3) is 0 Å². The molecule has 0 saturated heterocycles. The Kier molecular flexibility index (Phi) is 3.59. The third kappa shape index (κ3) is 3.15. The zero-order valence-electron chi connectivity index (χ0n) is 6.38. The first-order chi connectivity index (χ1) is 5.09. The van der Waals surface area contributed by atoms with E-state index in [4.69, 9.17) is 17.2 Å². The van der Waals surface area contributed by atoms with Crippen LogP contribution in [0.2, 0.25) is 0 Å². The molecule has 0 amide bonds. The van der Waals surface area contributed by atoms with Gasteiger partial charge in [-0.25, -0.2) is 0 Å². The van der Waals surface area contributed by atoms with E-state index >= 15 is 0 Å². The SMILES string of the molecule is C=C/C=C/C(N)=C(/N)C(=C)N. The normalized spacial score (nSPS) is 12.7. The molecule has 0 aliphatic carbocycles. The van der Waals surface area contributed by atoms with Gasteiger partial charge in [0.1, 0.15) is 0 Å². The van der Waals surface area contributed by atoms with Gasteiger partial charge < -0.3 is 17.2 Å². The lowest BCUT2D eigenvalue weighted by atomic mass is 10.2. The third-order valence-electron chi connectivity index (χ3n) is 1.07. The van der Waals surface area contributed by atoms with Gasteiger partial charge in [0, 0.05) is 5.70 Å². The number of nitrogens with two attached hydrogens (primary N) is 3. The minimum Gasteiger partial charge on any atom is -0.397 e. The van der Waals surface area contributed by atoms with E-state index in [2.05, 4.69) is 13.2 Å². The predicted octanol–water partition coefficient (Wildman–Crippen LogP) is 0.330. The van der Waals surface area contributed by atoms with Crippen LogP contribution in [0.4, 0.5) is 0 Å². The summed E-state index contributed by atoms with van der Waals surface area (Å²) < 4.78 is 0. The van der Waals surface area contributed by atoms with Gasteiger partial charge in [-0.1, -0.05) is 25.3 Å². The summed E-state index contributed by atoms with van der Waals surface area (Å²) in [6.07, 6.45) is 4.88. The molecule has 0 aliphatic heterocycles. The largest absolute Gasteiger partial charge is 0.397 e. The van der Waals surface area contributed by atoms with Crippen molar-refractivity contribution in [2.24, 2.45) is 17.2 Å². The van der Waals surface area contributed by atoms with E-state index in [1.165, 1.54) is 0 Å². The predicted molar refractivity (Wildman–Crippen MR) is 48.1 cm³/mol. The van der Waals surface area contributed by atoms with Gasteiger partial charge >= 0.3 is 0 Å². The first-order valence-electron chi connectivity index (χ1n) is 3.08. The van der Waals surface area contributed by atoms with Crippen LogP contribution in [0, 0.1) is 0 Å². The van der Waals surface area contributed by atoms with Crippen LogP contribution >= 0.6 is 0 Å². The Bertz CT molecular complexity index is 223. The van der Waals surface area contributed by atoms with Crippen molar-refractivity contribution < 1.29 is 0 Å². The van der Waals surface area contributed by atoms with E-state index < -0.39 is 0 Å². The van der Waals surface area contributed by atoms with Gasteiger partial charge in [-0.2, -0.15) is 0 Å². The standard InChI is InChI=1S/C8H13N3/c1-3-4-5-7(10)8(11)6(2)9/h3-5H,1-2,9-11H2/b5-4+,8-7-. The van der Waals surface area contributed by atoms with Gasteiger partial charge in [-0.3, -0.25) is 0 Å². The van der Waals surface area contributed by atoms with Crippen LogP contribution in [0.3, 0.4) is 0 Å². The average molecular weight is 151 g/mol. The molecule has 0 spiro atoms. The van der Waals surface area contributed by atoms with Crippen molar-refractivity contribution in [2.75, 3.05) is 0 Å². The summed E-state index contributed by atoms with van der Waals surface area (Å²) in [5.74, 6) is 0. The van der Waals surface area contributed by atoms with Crippen molar-refractivity contribution in [1.82, 2.24) is 0 Å². The fourth-order valence-electron chi connectivity index (χ4n) is 0.447. The highest BCUT2D eigenvalue weighted by Gasteiger charge is 1.94. The molecule has 0 saturated carbocycles. The van der Waals surface area contributed by atoms with Gasteiger partial charge in [0.05, 0.1) is 11.4 Å². The molecule has 0 aliphatic rings. The number of hydrogen-bond acceptors (Lipinski definition) is 3. The molecule has 0 aromatic heterocycles. The molecule has 0 heterocycles. The van der Waals surface area contributed by atoms with E-state index in [1.54, 1.807) is 18.2 Å². The molecule has 0 fully saturated rings. The molecule has 3 nitrogen and oxygen atoms in total. The second-order valence-electron chi connectivity index (χ2n) is 1.99. The molecule has 0 rings (SSSR count). The lowest BCUT2D eigenvalue weighted by Crippen LogP contribution is -2.14. The summed E-state index contributed by atoms with van der Waals surface area (Å²) in [6.45, 7) is 6.92. The van der Waals surface area contributed by atoms with Crippen molar-refractivity contribution in [3.63, 3.8) is 0 Å². The number of allylic oxidation sites excluding steroid dienone is 3. The van der Waals surface area contributed by atoms with Crippen molar-refractivity contribution in [3.05, 3.63) is 48.5 Å². The first-order valence-corrected chi connectivity index (χ1v) is 3.08. The van der Waals surface area contributed by atoms with Crippen LogP contribution in [0.1, 0.15) is 0 Å². The average Bonchev–Trinajstić information content (AvgIpc) is 1.98.